The molecule has 0 amide bonds. The second-order valence-corrected chi connectivity index (χ2v) is 9.99. The molecule has 1 aromatic carbocycles. The van der Waals surface area contributed by atoms with Gasteiger partial charge >= 0.3 is 0 Å². The Balaban J connectivity index is 3.36. The van der Waals surface area contributed by atoms with Gasteiger partial charge in [0.05, 0.1) is 13.0 Å². The van der Waals surface area contributed by atoms with Crippen LogP contribution in [0.2, 0.25) is 19.6 Å². The van der Waals surface area contributed by atoms with Crippen LogP contribution in [-0.2, 0) is 15.0 Å². The number of hydroxylamine groups is 2. The Bertz CT molecular complexity index is 427. The van der Waals surface area contributed by atoms with Crippen LogP contribution < -0.4 is 0 Å². The van der Waals surface area contributed by atoms with E-state index in [9.17, 15) is 4.39 Å². The van der Waals surface area contributed by atoms with Crippen molar-refractivity contribution in [1.29, 1.82) is 0 Å². The van der Waals surface area contributed by atoms with Crippen molar-refractivity contribution < 1.29 is 13.7 Å². The topological polar surface area (TPSA) is 21.7 Å². The molecule has 0 aliphatic heterocycles. The molecule has 3 nitrogen and oxygen atoms in total. The van der Waals surface area contributed by atoms with Crippen molar-refractivity contribution in [2.24, 2.45) is 0 Å². The molecule has 0 spiro atoms. The maximum atomic E-state index is 14.1. The predicted molar refractivity (Wildman–Crippen MR) is 78.0 cm³/mol. The number of alkyl halides is 1. The van der Waals surface area contributed by atoms with Gasteiger partial charge in [0.2, 0.25) is 0 Å². The summed E-state index contributed by atoms with van der Waals surface area (Å²) in [6.07, 6.45) is 0. The van der Waals surface area contributed by atoms with Crippen molar-refractivity contribution in [2.45, 2.75) is 25.4 Å². The van der Waals surface area contributed by atoms with Crippen molar-refractivity contribution in [2.75, 3.05) is 20.0 Å². The normalized spacial score (nSPS) is 15.6. The minimum atomic E-state index is -1.97. The highest BCUT2D eigenvalue weighted by Gasteiger charge is 2.43. The van der Waals surface area contributed by atoms with Crippen LogP contribution in [0.25, 0.3) is 0 Å². The maximum absolute atomic E-state index is 14.1. The summed E-state index contributed by atoms with van der Waals surface area (Å²) >= 11 is 6.12. The van der Waals surface area contributed by atoms with Crippen molar-refractivity contribution >= 4 is 19.9 Å². The van der Waals surface area contributed by atoms with Gasteiger partial charge in [-0.3, -0.25) is 4.84 Å². The third-order valence-electron chi connectivity index (χ3n) is 2.73. The zero-order valence-electron chi connectivity index (χ0n) is 12.0. The van der Waals surface area contributed by atoms with Crippen LogP contribution in [0.4, 0.5) is 4.39 Å². The molecule has 0 saturated carbocycles. The molecular formula is C13H21ClFNO2Si. The lowest BCUT2D eigenvalue weighted by Crippen LogP contribution is -2.53. The lowest BCUT2D eigenvalue weighted by atomic mass is 10.0. The van der Waals surface area contributed by atoms with E-state index in [1.165, 1.54) is 18.2 Å². The van der Waals surface area contributed by atoms with Crippen LogP contribution in [-0.4, -0.2) is 33.4 Å². The van der Waals surface area contributed by atoms with Gasteiger partial charge in [0, 0.05) is 12.6 Å². The summed E-state index contributed by atoms with van der Waals surface area (Å²) in [7, 11) is 1.23. The van der Waals surface area contributed by atoms with Crippen LogP contribution in [0.15, 0.2) is 24.3 Å². The molecule has 6 heteroatoms. The van der Waals surface area contributed by atoms with Gasteiger partial charge in [-0.15, -0.1) is 11.6 Å². The fraction of sp³-hybridized carbons (Fsp3) is 0.538. The van der Waals surface area contributed by atoms with E-state index in [4.69, 9.17) is 20.9 Å². The molecule has 1 rings (SSSR count). The van der Waals surface area contributed by atoms with Gasteiger partial charge < -0.3 is 4.43 Å². The third kappa shape index (κ3) is 3.76. The molecule has 19 heavy (non-hydrogen) atoms. The summed E-state index contributed by atoms with van der Waals surface area (Å²) in [6.45, 7) is 6.08. The average Bonchev–Trinajstić information content (AvgIpc) is 2.34. The summed E-state index contributed by atoms with van der Waals surface area (Å²) in [5.41, 5.74) is -0.733. The minimum absolute atomic E-state index is 0.0720. The molecule has 0 bridgehead atoms. The van der Waals surface area contributed by atoms with Crippen molar-refractivity contribution in [3.05, 3.63) is 35.6 Å². The predicted octanol–water partition coefficient (Wildman–Crippen LogP) is 3.56. The highest BCUT2D eigenvalue weighted by atomic mass is 35.5. The molecule has 0 fully saturated rings. The van der Waals surface area contributed by atoms with Gasteiger partial charge in [-0.1, -0.05) is 18.2 Å². The number of hydrogen-bond acceptors (Lipinski definition) is 3. The molecular weight excluding hydrogens is 285 g/mol. The van der Waals surface area contributed by atoms with Gasteiger partial charge in [0.1, 0.15) is 5.82 Å². The van der Waals surface area contributed by atoms with Gasteiger partial charge in [-0.25, -0.2) is 4.39 Å². The molecule has 108 valence electrons. The largest absolute Gasteiger partial charge is 0.394 e. The first-order chi connectivity index (χ1) is 8.77. The fourth-order valence-corrected chi connectivity index (χ4v) is 3.69. The summed E-state index contributed by atoms with van der Waals surface area (Å²) < 4.78 is 20.3. The number of nitrogens with zero attached hydrogens (tertiary/aromatic N) is 1. The molecule has 1 unspecified atom stereocenters. The molecule has 0 saturated heterocycles. The summed E-state index contributed by atoms with van der Waals surface area (Å²) in [6, 6.07) is 6.47. The first kappa shape index (κ1) is 16.6. The molecule has 0 radical (unpaired) electrons. The van der Waals surface area contributed by atoms with Gasteiger partial charge in [-0.2, -0.15) is 5.06 Å². The lowest BCUT2D eigenvalue weighted by molar-refractivity contribution is -0.254. The van der Waals surface area contributed by atoms with E-state index in [0.717, 1.165) is 0 Å². The first-order valence-electron chi connectivity index (χ1n) is 6.06. The Kier molecular flexibility index (Phi) is 5.52. The van der Waals surface area contributed by atoms with Crippen molar-refractivity contribution in [3.8, 4) is 0 Å². The van der Waals surface area contributed by atoms with Crippen LogP contribution in [0.3, 0.4) is 0 Å². The second kappa shape index (κ2) is 6.32. The van der Waals surface area contributed by atoms with E-state index >= 15 is 0 Å². The van der Waals surface area contributed by atoms with Crippen LogP contribution >= 0.6 is 11.6 Å². The average molecular weight is 306 g/mol. The first-order valence-corrected chi connectivity index (χ1v) is 10.00. The van der Waals surface area contributed by atoms with E-state index < -0.39 is 14.0 Å². The SMILES string of the molecule is CON(C)C(CCl)(O[Si](C)(C)C)c1ccccc1F. The molecule has 1 aromatic rings. The van der Waals surface area contributed by atoms with E-state index in [-0.39, 0.29) is 11.7 Å². The van der Waals surface area contributed by atoms with Crippen molar-refractivity contribution in [3.63, 3.8) is 0 Å². The zero-order valence-corrected chi connectivity index (χ0v) is 13.8. The molecule has 0 aliphatic carbocycles. The third-order valence-corrected chi connectivity index (χ3v) is 4.05. The molecule has 0 aliphatic rings. The zero-order chi connectivity index (χ0) is 14.7. The van der Waals surface area contributed by atoms with E-state index in [1.54, 1.807) is 25.2 Å². The van der Waals surface area contributed by atoms with Gasteiger partial charge in [-0.05, 0) is 25.7 Å². The standard InChI is InChI=1S/C13H21ClFNO2Si/c1-16(17-2)13(10-14,18-19(3,4)5)11-8-6-7-9-12(11)15/h6-9H,10H2,1-5H3. The van der Waals surface area contributed by atoms with Crippen molar-refractivity contribution in [1.82, 2.24) is 5.06 Å². The smallest absolute Gasteiger partial charge is 0.186 e. The maximum Gasteiger partial charge on any atom is 0.186 e. The van der Waals surface area contributed by atoms with E-state index in [2.05, 4.69) is 0 Å². The molecule has 1 atom stereocenters. The number of rotatable bonds is 6. The van der Waals surface area contributed by atoms with Gasteiger partial charge in [0.15, 0.2) is 14.0 Å². The second-order valence-electron chi connectivity index (χ2n) is 5.29. The molecule has 0 N–H and O–H groups in total. The Hall–Kier alpha value is -0.463. The Labute approximate surface area is 120 Å². The Morgan fingerprint density at radius 1 is 1.32 bits per heavy atom. The van der Waals surface area contributed by atoms with Crippen LogP contribution in [0, 0.1) is 5.82 Å². The van der Waals surface area contributed by atoms with E-state index in [1.807, 2.05) is 19.6 Å². The highest BCUT2D eigenvalue weighted by Crippen LogP contribution is 2.35. The summed E-state index contributed by atoms with van der Waals surface area (Å²) in [4.78, 5) is 5.24. The number of halogens is 2. The highest BCUT2D eigenvalue weighted by molar-refractivity contribution is 6.69. The quantitative estimate of drug-likeness (QED) is 0.347. The Morgan fingerprint density at radius 3 is 2.32 bits per heavy atom. The summed E-state index contributed by atoms with van der Waals surface area (Å²) in [5, 5.41) is 1.47. The van der Waals surface area contributed by atoms with Crippen LogP contribution in [0.5, 0.6) is 0 Å². The number of hydrogen-bond donors (Lipinski definition) is 0. The Morgan fingerprint density at radius 2 is 1.89 bits per heavy atom. The minimum Gasteiger partial charge on any atom is -0.394 e. The summed E-state index contributed by atoms with van der Waals surface area (Å²) in [5.74, 6) is -0.284. The molecule has 0 aromatic heterocycles. The van der Waals surface area contributed by atoms with Gasteiger partial charge in [0.25, 0.3) is 0 Å². The fourth-order valence-electron chi connectivity index (χ4n) is 1.90. The van der Waals surface area contributed by atoms with Crippen LogP contribution in [0.1, 0.15) is 5.56 Å². The number of benzene rings is 1. The van der Waals surface area contributed by atoms with E-state index in [0.29, 0.717) is 5.56 Å². The monoisotopic (exact) mass is 305 g/mol. The molecule has 0 heterocycles. The lowest BCUT2D eigenvalue weighted by Gasteiger charge is -2.43.